The summed E-state index contributed by atoms with van der Waals surface area (Å²) in [6.07, 6.45) is -0.573. The molecule has 2 atom stereocenters. The average Bonchev–Trinajstić information content (AvgIpc) is 3.19. The Morgan fingerprint density at radius 2 is 2.03 bits per heavy atom. The van der Waals surface area contributed by atoms with Crippen LogP contribution in [-0.2, 0) is 9.53 Å². The first kappa shape index (κ1) is 20.0. The van der Waals surface area contributed by atoms with Gasteiger partial charge in [0.1, 0.15) is 12.1 Å². The molecule has 0 spiro atoms. The van der Waals surface area contributed by atoms with Crippen molar-refractivity contribution < 1.29 is 23.1 Å². The van der Waals surface area contributed by atoms with Crippen LogP contribution in [-0.4, -0.2) is 52.6 Å². The summed E-state index contributed by atoms with van der Waals surface area (Å²) in [6.45, 7) is 2.36. The standard InChI is InChI=1S/C21H20F2N4O3/c1-12(24-20(28)19-14-4-2-3-5-17(14)25-26-19)21(29)27-8-9-30-18(11-27)13-6-7-15(22)16(23)10-13/h2-7,10,12,18H,8-9,11H2,1H3,(H,24,28)(H,25,26). The maximum atomic E-state index is 13.5. The normalized spacial score (nSPS) is 17.7. The second-order valence-electron chi connectivity index (χ2n) is 7.13. The Kier molecular flexibility index (Phi) is 5.45. The lowest BCUT2D eigenvalue weighted by atomic mass is 10.1. The van der Waals surface area contributed by atoms with Gasteiger partial charge >= 0.3 is 0 Å². The van der Waals surface area contributed by atoms with Crippen molar-refractivity contribution in [1.82, 2.24) is 20.4 Å². The fraction of sp³-hybridized carbons (Fsp3) is 0.286. The highest BCUT2D eigenvalue weighted by Gasteiger charge is 2.30. The lowest BCUT2D eigenvalue weighted by molar-refractivity contribution is -0.140. The third-order valence-corrected chi connectivity index (χ3v) is 5.10. The molecule has 9 heteroatoms. The van der Waals surface area contributed by atoms with Crippen LogP contribution in [0, 0.1) is 11.6 Å². The van der Waals surface area contributed by atoms with Crippen molar-refractivity contribution in [3.63, 3.8) is 0 Å². The highest BCUT2D eigenvalue weighted by molar-refractivity contribution is 6.05. The first-order valence-corrected chi connectivity index (χ1v) is 9.53. The molecule has 2 N–H and O–H groups in total. The smallest absolute Gasteiger partial charge is 0.273 e. The molecule has 1 aliphatic rings. The number of morpholine rings is 1. The van der Waals surface area contributed by atoms with E-state index in [0.717, 1.165) is 17.6 Å². The molecule has 0 aliphatic carbocycles. The fourth-order valence-corrected chi connectivity index (χ4v) is 3.50. The number of hydrogen-bond acceptors (Lipinski definition) is 4. The van der Waals surface area contributed by atoms with Crippen molar-refractivity contribution in [3.8, 4) is 0 Å². The Hall–Kier alpha value is -3.33. The van der Waals surface area contributed by atoms with Gasteiger partial charge in [-0.1, -0.05) is 24.3 Å². The number of nitrogens with one attached hydrogen (secondary N) is 2. The Bertz CT molecular complexity index is 1100. The van der Waals surface area contributed by atoms with E-state index in [-0.39, 0.29) is 24.8 Å². The molecule has 1 aromatic heterocycles. The molecule has 1 aliphatic heterocycles. The van der Waals surface area contributed by atoms with Crippen LogP contribution in [0.15, 0.2) is 42.5 Å². The summed E-state index contributed by atoms with van der Waals surface area (Å²) in [5, 5.41) is 10.2. The first-order valence-electron chi connectivity index (χ1n) is 9.53. The zero-order valence-electron chi connectivity index (χ0n) is 16.2. The van der Waals surface area contributed by atoms with Crippen LogP contribution in [0.2, 0.25) is 0 Å². The monoisotopic (exact) mass is 414 g/mol. The van der Waals surface area contributed by atoms with Gasteiger partial charge in [0.25, 0.3) is 5.91 Å². The zero-order valence-corrected chi connectivity index (χ0v) is 16.2. The summed E-state index contributed by atoms with van der Waals surface area (Å²) >= 11 is 0. The van der Waals surface area contributed by atoms with E-state index in [4.69, 9.17) is 4.74 Å². The second-order valence-corrected chi connectivity index (χ2v) is 7.13. The van der Waals surface area contributed by atoms with E-state index in [1.807, 2.05) is 6.07 Å². The largest absolute Gasteiger partial charge is 0.370 e. The number of aromatic amines is 1. The maximum absolute atomic E-state index is 13.5. The number of carbonyl (C=O) groups excluding carboxylic acids is 2. The fourth-order valence-electron chi connectivity index (χ4n) is 3.50. The number of H-pyrrole nitrogens is 1. The lowest BCUT2D eigenvalue weighted by Crippen LogP contribution is -2.51. The number of fused-ring (bicyclic) bond motifs is 1. The molecule has 2 heterocycles. The number of para-hydroxylation sites is 1. The summed E-state index contributed by atoms with van der Waals surface area (Å²) in [5.74, 6) is -2.66. The van der Waals surface area contributed by atoms with Gasteiger partial charge in [0, 0.05) is 11.9 Å². The van der Waals surface area contributed by atoms with Gasteiger partial charge in [-0.15, -0.1) is 0 Å². The molecule has 0 saturated carbocycles. The topological polar surface area (TPSA) is 87.3 Å². The van der Waals surface area contributed by atoms with Gasteiger partial charge in [-0.05, 0) is 30.7 Å². The van der Waals surface area contributed by atoms with Crippen LogP contribution in [0.5, 0.6) is 0 Å². The number of amides is 2. The van der Waals surface area contributed by atoms with Crippen molar-refractivity contribution in [1.29, 1.82) is 0 Å². The Labute approximate surface area is 171 Å². The quantitative estimate of drug-likeness (QED) is 0.687. The van der Waals surface area contributed by atoms with Gasteiger partial charge in [0.2, 0.25) is 5.91 Å². The van der Waals surface area contributed by atoms with E-state index in [1.165, 1.54) is 6.07 Å². The Morgan fingerprint density at radius 3 is 2.83 bits per heavy atom. The van der Waals surface area contributed by atoms with E-state index in [1.54, 1.807) is 30.0 Å². The summed E-state index contributed by atoms with van der Waals surface area (Å²) < 4.78 is 32.3. The van der Waals surface area contributed by atoms with Crippen LogP contribution in [0.25, 0.3) is 10.9 Å². The van der Waals surface area contributed by atoms with Gasteiger partial charge in [-0.3, -0.25) is 14.7 Å². The van der Waals surface area contributed by atoms with Gasteiger partial charge in [-0.25, -0.2) is 8.78 Å². The Balaban J connectivity index is 1.43. The molecule has 156 valence electrons. The maximum Gasteiger partial charge on any atom is 0.273 e. The SMILES string of the molecule is CC(NC(=O)c1n[nH]c2ccccc12)C(=O)N1CCOC(c2ccc(F)c(F)c2)C1. The highest BCUT2D eigenvalue weighted by atomic mass is 19.2. The molecule has 1 saturated heterocycles. The number of benzene rings is 2. The summed E-state index contributed by atoms with van der Waals surface area (Å²) in [4.78, 5) is 27.0. The molecule has 0 radical (unpaired) electrons. The lowest BCUT2D eigenvalue weighted by Gasteiger charge is -2.34. The predicted molar refractivity (Wildman–Crippen MR) is 105 cm³/mol. The number of hydrogen-bond donors (Lipinski definition) is 2. The van der Waals surface area contributed by atoms with Crippen LogP contribution < -0.4 is 5.32 Å². The average molecular weight is 414 g/mol. The van der Waals surface area contributed by atoms with Crippen LogP contribution in [0.4, 0.5) is 8.78 Å². The van der Waals surface area contributed by atoms with Crippen molar-refractivity contribution in [2.24, 2.45) is 0 Å². The molecule has 7 nitrogen and oxygen atoms in total. The number of nitrogens with zero attached hydrogens (tertiary/aromatic N) is 2. The number of aromatic nitrogens is 2. The third-order valence-electron chi connectivity index (χ3n) is 5.10. The number of halogens is 2. The van der Waals surface area contributed by atoms with Crippen molar-refractivity contribution >= 4 is 22.7 Å². The van der Waals surface area contributed by atoms with Crippen LogP contribution in [0.1, 0.15) is 29.1 Å². The molecule has 30 heavy (non-hydrogen) atoms. The van der Waals surface area contributed by atoms with Crippen LogP contribution in [0.3, 0.4) is 0 Å². The predicted octanol–water partition coefficient (Wildman–Crippen LogP) is 2.56. The molecule has 0 bridgehead atoms. The van der Waals surface area contributed by atoms with E-state index >= 15 is 0 Å². The molecule has 2 aromatic carbocycles. The second kappa shape index (κ2) is 8.19. The van der Waals surface area contributed by atoms with Gasteiger partial charge < -0.3 is 15.0 Å². The molecule has 1 fully saturated rings. The van der Waals surface area contributed by atoms with Gasteiger partial charge in [0.05, 0.1) is 18.7 Å². The zero-order chi connectivity index (χ0) is 21.3. The molecular formula is C21H20F2N4O3. The van der Waals surface area contributed by atoms with E-state index in [2.05, 4.69) is 15.5 Å². The minimum Gasteiger partial charge on any atom is -0.370 e. The molecule has 4 rings (SSSR count). The van der Waals surface area contributed by atoms with Crippen molar-refractivity contribution in [3.05, 3.63) is 65.4 Å². The summed E-state index contributed by atoms with van der Waals surface area (Å²) in [6, 6.07) is 9.95. The number of ether oxygens (including phenoxy) is 1. The number of carbonyl (C=O) groups is 2. The van der Waals surface area contributed by atoms with E-state index < -0.39 is 29.7 Å². The molecule has 2 amide bonds. The van der Waals surface area contributed by atoms with Crippen LogP contribution >= 0.6 is 0 Å². The van der Waals surface area contributed by atoms with Crippen molar-refractivity contribution in [2.45, 2.75) is 19.1 Å². The summed E-state index contributed by atoms with van der Waals surface area (Å²) in [7, 11) is 0. The van der Waals surface area contributed by atoms with E-state index in [0.29, 0.717) is 17.5 Å². The summed E-state index contributed by atoms with van der Waals surface area (Å²) in [5.41, 5.74) is 1.39. The molecular weight excluding hydrogens is 394 g/mol. The van der Waals surface area contributed by atoms with Gasteiger partial charge in [-0.2, -0.15) is 5.10 Å². The molecule has 2 unspecified atom stereocenters. The van der Waals surface area contributed by atoms with Crippen molar-refractivity contribution in [2.75, 3.05) is 19.7 Å². The highest BCUT2D eigenvalue weighted by Crippen LogP contribution is 2.24. The third kappa shape index (κ3) is 3.88. The molecule has 3 aromatic rings. The minimum atomic E-state index is -0.966. The number of rotatable bonds is 4. The van der Waals surface area contributed by atoms with Gasteiger partial charge in [0.15, 0.2) is 17.3 Å². The van der Waals surface area contributed by atoms with E-state index in [9.17, 15) is 18.4 Å². The Morgan fingerprint density at radius 1 is 1.23 bits per heavy atom. The minimum absolute atomic E-state index is 0.176. The first-order chi connectivity index (χ1) is 14.4.